The fraction of sp³-hybridized carbons (Fsp3) is 0.450. The highest BCUT2D eigenvalue weighted by molar-refractivity contribution is 6.00. The van der Waals surface area contributed by atoms with Crippen molar-refractivity contribution in [2.45, 2.75) is 159 Å². The Hall–Kier alpha value is -10.0. The molecule has 0 aliphatic heterocycles. The highest BCUT2D eigenvalue weighted by atomic mass is 16.4. The van der Waals surface area contributed by atoms with Crippen molar-refractivity contribution in [3.63, 3.8) is 0 Å². The van der Waals surface area contributed by atoms with Crippen LogP contribution in [0.5, 0.6) is 5.75 Å². The lowest BCUT2D eigenvalue weighted by Gasteiger charge is -2.28. The van der Waals surface area contributed by atoms with Gasteiger partial charge in [0.25, 0.3) is 0 Å². The number of carbonyl (C=O) groups excluding carboxylic acids is 11. The second-order valence-corrected chi connectivity index (χ2v) is 22.3. The number of phenols is 1. The van der Waals surface area contributed by atoms with Crippen LogP contribution in [0.2, 0.25) is 0 Å². The van der Waals surface area contributed by atoms with Gasteiger partial charge < -0.3 is 95.2 Å². The summed E-state index contributed by atoms with van der Waals surface area (Å²) in [4.78, 5) is 176. The van der Waals surface area contributed by atoms with E-state index >= 15 is 0 Å². The molecule has 20 N–H and O–H groups in total. The van der Waals surface area contributed by atoms with Gasteiger partial charge in [0.05, 0.1) is 31.2 Å². The van der Waals surface area contributed by atoms with Crippen molar-refractivity contribution in [2.75, 3.05) is 6.54 Å². The van der Waals surface area contributed by atoms with Crippen LogP contribution in [0.4, 0.5) is 0 Å². The summed E-state index contributed by atoms with van der Waals surface area (Å²) in [6.45, 7) is 7.44. The van der Waals surface area contributed by atoms with Crippen LogP contribution < -0.4 is 64.6 Å². The Morgan fingerprint density at radius 2 is 1.00 bits per heavy atom. The van der Waals surface area contributed by atoms with Crippen LogP contribution in [0.25, 0.3) is 10.9 Å². The minimum absolute atomic E-state index is 0.0530. The number of nitrogens with two attached hydrogens (primary N) is 2. The molecule has 0 unspecified atom stereocenters. The molecule has 0 radical (unpaired) electrons. The molecule has 91 heavy (non-hydrogen) atoms. The maximum Gasteiger partial charge on any atom is 0.326 e. The molecule has 0 saturated carbocycles. The Balaban J connectivity index is 1.53. The monoisotopic (exact) mass is 1270 g/mol. The smallest absolute Gasteiger partial charge is 0.326 e. The van der Waals surface area contributed by atoms with Crippen molar-refractivity contribution < 1.29 is 87.9 Å². The topological polar surface area (TPSA) is 511 Å². The number of hydrogen-bond acceptors (Lipinski definition) is 17. The van der Waals surface area contributed by atoms with E-state index in [9.17, 15) is 87.9 Å². The summed E-state index contributed by atoms with van der Waals surface area (Å²) in [5.74, 6) is -14.8. The number of fused-ring (bicyclic) bond motifs is 1. The standard InChI is InChI=1S/C60H81N13O18/c1-29(2)22-41(56(86)71-45(60(90)91)24-34-12-8-7-9-13-34)66-47(78)28-64-53(83)43(25-36-27-63-39-15-11-10-14-38(36)39)68-57(87)44(26-48(79)80)70-59(89)50(33(6)75)73-54(84)40(20-21-46(62)77)67-52(82)31(4)65-55(85)42(23-35-16-18-37(76)19-17-35)69-58(88)49(32(5)74)72-51(81)30(3)61/h7-19,27,29-33,40-45,49-50,63,74-76H,20-26,28,61H2,1-6H3,(H2,62,77)(H,64,83)(H,65,85)(H,66,78)(H,67,82)(H,68,87)(H,69,88)(H,70,89)(H,71,86)(H,72,81)(H,73,84)(H,79,80)(H,90,91)/t30-,31-,32+,33+,40-,41-,42-,43-,44-,45-,49-,50-/m0/s1. The highest BCUT2D eigenvalue weighted by Gasteiger charge is 2.37. The average molecular weight is 1270 g/mol. The molecular formula is C60H81N13O18. The number of carboxylic acids is 2. The van der Waals surface area contributed by atoms with E-state index in [2.05, 4.69) is 58.2 Å². The number of aliphatic hydroxyl groups excluding tert-OH is 2. The predicted octanol–water partition coefficient (Wildman–Crippen LogP) is -3.62. The zero-order valence-corrected chi connectivity index (χ0v) is 50.9. The van der Waals surface area contributed by atoms with E-state index in [1.807, 2.05) is 0 Å². The number of hydrogen-bond donors (Lipinski definition) is 18. The van der Waals surface area contributed by atoms with E-state index in [1.54, 1.807) is 68.4 Å². The molecule has 0 bridgehead atoms. The zero-order chi connectivity index (χ0) is 67.8. The van der Waals surface area contributed by atoms with E-state index in [0.717, 1.165) is 6.92 Å². The second-order valence-electron chi connectivity index (χ2n) is 22.3. The third-order valence-electron chi connectivity index (χ3n) is 14.0. The molecule has 1 aromatic heterocycles. The number of aromatic nitrogens is 1. The Morgan fingerprint density at radius 1 is 0.505 bits per heavy atom. The van der Waals surface area contributed by atoms with Crippen LogP contribution in [0.1, 0.15) is 83.9 Å². The van der Waals surface area contributed by atoms with Crippen molar-refractivity contribution >= 4 is 87.8 Å². The molecule has 1 heterocycles. The average Bonchev–Trinajstić information content (AvgIpc) is 2.70. The number of aliphatic hydroxyl groups is 2. The predicted molar refractivity (Wildman–Crippen MR) is 325 cm³/mol. The van der Waals surface area contributed by atoms with Crippen LogP contribution in [0.3, 0.4) is 0 Å². The number of benzene rings is 3. The summed E-state index contributed by atoms with van der Waals surface area (Å²) in [6.07, 6.45) is -4.65. The quantitative estimate of drug-likeness (QED) is 0.0209. The van der Waals surface area contributed by atoms with Gasteiger partial charge in [0.15, 0.2) is 0 Å². The van der Waals surface area contributed by atoms with Crippen LogP contribution >= 0.6 is 0 Å². The van der Waals surface area contributed by atoms with E-state index in [-0.39, 0.29) is 37.4 Å². The molecule has 4 aromatic rings. The van der Waals surface area contributed by atoms with Crippen molar-refractivity contribution in [2.24, 2.45) is 17.4 Å². The molecule has 31 nitrogen and oxygen atoms in total. The van der Waals surface area contributed by atoms with Crippen LogP contribution in [0, 0.1) is 5.92 Å². The summed E-state index contributed by atoms with van der Waals surface area (Å²) in [7, 11) is 0. The number of carboxylic acid groups (broad SMARTS) is 2. The maximum atomic E-state index is 14.2. The first-order valence-electron chi connectivity index (χ1n) is 29.0. The van der Waals surface area contributed by atoms with Crippen molar-refractivity contribution in [1.29, 1.82) is 0 Å². The number of amides is 11. The Morgan fingerprint density at radius 3 is 1.57 bits per heavy atom. The van der Waals surface area contributed by atoms with Crippen molar-refractivity contribution in [1.82, 2.24) is 58.2 Å². The first-order chi connectivity index (χ1) is 42.8. The van der Waals surface area contributed by atoms with Gasteiger partial charge in [-0.2, -0.15) is 0 Å². The molecule has 3 aromatic carbocycles. The SMILES string of the molecule is CC(C)C[C@H](NC(=O)CNC(=O)[C@H](Cc1c[nH]c2ccccc12)NC(=O)[C@H](CC(=O)O)NC(=O)[C@@H](NC(=O)[C@H](CCC(N)=O)NC(=O)[C@H](C)NC(=O)[C@H](Cc1ccc(O)cc1)NC(=O)[C@@H](NC(=O)[C@H](C)N)[C@@H](C)O)[C@@H](C)O)C(=O)N[C@@H](Cc1ccccc1)C(=O)O. The Bertz CT molecular complexity index is 3230. The van der Waals surface area contributed by atoms with Crippen LogP contribution in [0.15, 0.2) is 85.1 Å². The van der Waals surface area contributed by atoms with Gasteiger partial charge in [-0.3, -0.25) is 57.5 Å². The molecule has 0 saturated heterocycles. The van der Waals surface area contributed by atoms with Gasteiger partial charge in [-0.05, 0) is 81.3 Å². The normalized spacial score (nSPS) is 15.1. The van der Waals surface area contributed by atoms with Gasteiger partial charge in [-0.15, -0.1) is 0 Å². The first-order valence-corrected chi connectivity index (χ1v) is 29.0. The maximum absolute atomic E-state index is 14.2. The fourth-order valence-corrected chi connectivity index (χ4v) is 9.13. The molecule has 31 heteroatoms. The zero-order valence-electron chi connectivity index (χ0n) is 50.9. The first kappa shape index (κ1) is 73.5. The summed E-state index contributed by atoms with van der Waals surface area (Å²) >= 11 is 0. The lowest BCUT2D eigenvalue weighted by Crippen LogP contribution is -2.62. The number of primary amides is 1. The molecule has 0 spiro atoms. The number of aromatic hydroxyl groups is 1. The lowest BCUT2D eigenvalue weighted by molar-refractivity contribution is -0.142. The van der Waals surface area contributed by atoms with Crippen LogP contribution in [-0.2, 0) is 81.6 Å². The molecule has 12 atom stereocenters. The number of carbonyl (C=O) groups is 13. The molecule has 494 valence electrons. The molecule has 0 fully saturated rings. The van der Waals surface area contributed by atoms with Crippen LogP contribution in [-0.4, -0.2) is 187 Å². The van der Waals surface area contributed by atoms with Gasteiger partial charge >= 0.3 is 11.9 Å². The van der Waals surface area contributed by atoms with E-state index in [0.29, 0.717) is 27.6 Å². The molecule has 4 rings (SSSR count). The lowest BCUT2D eigenvalue weighted by atomic mass is 10.0. The van der Waals surface area contributed by atoms with E-state index in [1.165, 1.54) is 51.2 Å². The number of phenolic OH excluding ortho intramolecular Hbond substituents is 1. The third-order valence-corrected chi connectivity index (χ3v) is 14.0. The number of rotatable bonds is 36. The summed E-state index contributed by atoms with van der Waals surface area (Å²) < 4.78 is 0. The van der Waals surface area contributed by atoms with Gasteiger partial charge in [0, 0.05) is 42.8 Å². The van der Waals surface area contributed by atoms with Gasteiger partial charge in [-0.1, -0.05) is 74.5 Å². The highest BCUT2D eigenvalue weighted by Crippen LogP contribution is 2.20. The number of nitrogens with one attached hydrogen (secondary N) is 11. The summed E-state index contributed by atoms with van der Waals surface area (Å²) in [5.41, 5.74) is 13.1. The van der Waals surface area contributed by atoms with Gasteiger partial charge in [0.1, 0.15) is 60.1 Å². The summed E-state index contributed by atoms with van der Waals surface area (Å²) in [6, 6.07) is 4.89. The number of H-pyrrole nitrogens is 1. The molecular weight excluding hydrogens is 1190 g/mol. The Kier molecular flexibility index (Phi) is 28.5. The number of para-hydroxylation sites is 1. The van der Waals surface area contributed by atoms with E-state index < -0.39 is 175 Å². The molecule has 0 aliphatic rings. The minimum atomic E-state index is -2.06. The fourth-order valence-electron chi connectivity index (χ4n) is 9.13. The van der Waals surface area contributed by atoms with Crippen molar-refractivity contribution in [3.8, 4) is 5.75 Å². The van der Waals surface area contributed by atoms with Gasteiger partial charge in [0.2, 0.25) is 65.0 Å². The van der Waals surface area contributed by atoms with Gasteiger partial charge in [-0.25, -0.2) is 4.79 Å². The molecule has 0 aliphatic carbocycles. The Labute approximate surface area is 522 Å². The third kappa shape index (κ3) is 24.1. The largest absolute Gasteiger partial charge is 0.508 e. The van der Waals surface area contributed by atoms with Crippen molar-refractivity contribution in [3.05, 3.63) is 102 Å². The summed E-state index contributed by atoms with van der Waals surface area (Å²) in [5, 5.41) is 75.2. The van der Waals surface area contributed by atoms with E-state index in [4.69, 9.17) is 11.5 Å². The molecule has 11 amide bonds. The minimum Gasteiger partial charge on any atom is -0.508 e. The second kappa shape index (κ2) is 35.2. The number of aliphatic carboxylic acids is 2. The number of aromatic amines is 1.